The fourth-order valence-electron chi connectivity index (χ4n) is 5.22. The largest absolute Gasteiger partial charge is 0.493 e. The van der Waals surface area contributed by atoms with Gasteiger partial charge in [-0.25, -0.2) is 0 Å². The van der Waals surface area contributed by atoms with Crippen LogP contribution in [-0.2, 0) is 16.0 Å². The van der Waals surface area contributed by atoms with Gasteiger partial charge in [-0.05, 0) is 48.4 Å². The molecule has 1 saturated heterocycles. The van der Waals surface area contributed by atoms with Crippen molar-refractivity contribution in [1.82, 2.24) is 9.80 Å². The summed E-state index contributed by atoms with van der Waals surface area (Å²) in [6, 6.07) is 14.4. The molecule has 4 rings (SSSR count). The average molecular weight is 513 g/mol. The van der Waals surface area contributed by atoms with Gasteiger partial charge < -0.3 is 34.2 Å². The number of likely N-dealkylation sites (tertiary alicyclic amines) is 1. The first kappa shape index (κ1) is 26.8. The van der Waals surface area contributed by atoms with Crippen molar-refractivity contribution in [2.45, 2.75) is 37.9 Å². The number of carbonyl (C=O) groups excluding carboxylic acids is 2. The molecule has 37 heavy (non-hydrogen) atoms. The fourth-order valence-corrected chi connectivity index (χ4v) is 5.22. The summed E-state index contributed by atoms with van der Waals surface area (Å²) in [5.41, 5.74) is 0.304. The Kier molecular flexibility index (Phi) is 8.56. The Morgan fingerprint density at radius 3 is 2.46 bits per heavy atom. The van der Waals surface area contributed by atoms with Gasteiger partial charge in [0, 0.05) is 33.1 Å². The van der Waals surface area contributed by atoms with Crippen LogP contribution in [0.1, 0.15) is 24.8 Å². The van der Waals surface area contributed by atoms with Crippen LogP contribution in [0.4, 0.5) is 0 Å². The maximum atomic E-state index is 12.9. The second kappa shape index (κ2) is 11.8. The minimum absolute atomic E-state index is 0.104. The summed E-state index contributed by atoms with van der Waals surface area (Å²) in [6.07, 6.45) is -0.224. The molecule has 0 aromatic heterocycles. The lowest BCUT2D eigenvalue weighted by Crippen LogP contribution is -2.51. The van der Waals surface area contributed by atoms with E-state index in [1.807, 2.05) is 30.3 Å². The number of rotatable bonds is 4. The second-order valence-corrected chi connectivity index (χ2v) is 10.0. The maximum Gasteiger partial charge on any atom is 0.260 e. The molecule has 0 aliphatic carbocycles. The second-order valence-electron chi connectivity index (χ2n) is 10.0. The van der Waals surface area contributed by atoms with Gasteiger partial charge >= 0.3 is 0 Å². The van der Waals surface area contributed by atoms with Crippen molar-refractivity contribution in [3.05, 3.63) is 54.1 Å². The normalized spacial score (nSPS) is 22.3. The molecule has 2 heterocycles. The lowest BCUT2D eigenvalue weighted by atomic mass is 9.72. The number of piperidine rings is 1. The van der Waals surface area contributed by atoms with Gasteiger partial charge in [-0.3, -0.25) is 9.59 Å². The van der Waals surface area contributed by atoms with E-state index < -0.39 is 17.6 Å². The van der Waals surface area contributed by atoms with Crippen LogP contribution in [0.2, 0.25) is 0 Å². The Balaban J connectivity index is 1.43. The van der Waals surface area contributed by atoms with Crippen LogP contribution in [0, 0.1) is 5.41 Å². The average Bonchev–Trinajstić information content (AvgIpc) is 2.91. The predicted octanol–water partition coefficient (Wildman–Crippen LogP) is 1.89. The van der Waals surface area contributed by atoms with Crippen LogP contribution in [-0.4, -0.2) is 91.0 Å². The Morgan fingerprint density at radius 1 is 1.05 bits per heavy atom. The lowest BCUT2D eigenvalue weighted by molar-refractivity contribution is -0.140. The van der Waals surface area contributed by atoms with E-state index in [0.29, 0.717) is 56.1 Å². The number of para-hydroxylation sites is 3. The molecule has 2 aromatic rings. The van der Waals surface area contributed by atoms with Crippen molar-refractivity contribution in [2.75, 3.05) is 47.0 Å². The zero-order valence-corrected chi connectivity index (χ0v) is 21.5. The third kappa shape index (κ3) is 6.53. The first-order valence-corrected chi connectivity index (χ1v) is 12.6. The summed E-state index contributed by atoms with van der Waals surface area (Å²) in [5.74, 6) is 1.31. The molecule has 2 amide bonds. The van der Waals surface area contributed by atoms with Crippen LogP contribution < -0.4 is 14.2 Å². The SMILES string of the molecule is COc1ccccc1OCC(=O)N1CCC2(CC1)C[C@@H](O)[C@@H](O)Cc1ccccc1OCC(=O)N(C)C2. The highest BCUT2D eigenvalue weighted by atomic mass is 16.5. The zero-order valence-electron chi connectivity index (χ0n) is 21.5. The highest BCUT2D eigenvalue weighted by Gasteiger charge is 2.41. The molecule has 2 aromatic carbocycles. The lowest BCUT2D eigenvalue weighted by Gasteiger charge is -2.45. The number of aliphatic hydroxyl groups is 2. The first-order valence-electron chi connectivity index (χ1n) is 12.6. The Morgan fingerprint density at radius 2 is 1.73 bits per heavy atom. The number of benzene rings is 2. The highest BCUT2D eigenvalue weighted by molar-refractivity contribution is 5.78. The van der Waals surface area contributed by atoms with Gasteiger partial charge in [0.2, 0.25) is 0 Å². The molecule has 0 radical (unpaired) electrons. The first-order chi connectivity index (χ1) is 17.8. The van der Waals surface area contributed by atoms with E-state index in [9.17, 15) is 19.8 Å². The summed E-state index contributed by atoms with van der Waals surface area (Å²) in [7, 11) is 3.28. The summed E-state index contributed by atoms with van der Waals surface area (Å²) in [6.45, 7) is 1.13. The van der Waals surface area contributed by atoms with Crippen molar-refractivity contribution in [1.29, 1.82) is 0 Å². The minimum atomic E-state index is -0.980. The molecule has 9 nitrogen and oxygen atoms in total. The molecule has 2 aliphatic rings. The van der Waals surface area contributed by atoms with E-state index in [0.717, 1.165) is 5.56 Å². The van der Waals surface area contributed by atoms with Crippen molar-refractivity contribution >= 4 is 11.8 Å². The predicted molar refractivity (Wildman–Crippen MR) is 137 cm³/mol. The van der Waals surface area contributed by atoms with Crippen molar-refractivity contribution in [3.8, 4) is 17.2 Å². The number of carbonyl (C=O) groups is 2. The topological polar surface area (TPSA) is 109 Å². The van der Waals surface area contributed by atoms with Gasteiger partial charge in [-0.1, -0.05) is 30.3 Å². The third-order valence-electron chi connectivity index (χ3n) is 7.43. The Hall–Kier alpha value is -3.30. The maximum absolute atomic E-state index is 12.9. The zero-order chi connectivity index (χ0) is 26.4. The molecule has 2 aliphatic heterocycles. The molecule has 0 unspecified atom stereocenters. The quantitative estimate of drug-likeness (QED) is 0.644. The molecule has 1 spiro atoms. The summed E-state index contributed by atoms with van der Waals surface area (Å²) >= 11 is 0. The molecule has 9 heteroatoms. The number of hydrogen-bond donors (Lipinski definition) is 2. The minimum Gasteiger partial charge on any atom is -0.493 e. The van der Waals surface area contributed by atoms with E-state index in [2.05, 4.69) is 0 Å². The number of ether oxygens (including phenoxy) is 3. The van der Waals surface area contributed by atoms with E-state index in [1.54, 1.807) is 42.2 Å². The Labute approximate surface area is 217 Å². The van der Waals surface area contributed by atoms with E-state index in [-0.39, 0.29) is 31.4 Å². The molecular weight excluding hydrogens is 476 g/mol. The molecule has 0 saturated carbocycles. The molecule has 1 fully saturated rings. The summed E-state index contributed by atoms with van der Waals surface area (Å²) in [4.78, 5) is 29.1. The van der Waals surface area contributed by atoms with E-state index in [1.165, 1.54) is 0 Å². The third-order valence-corrected chi connectivity index (χ3v) is 7.43. The van der Waals surface area contributed by atoms with Crippen LogP contribution in [0.5, 0.6) is 17.2 Å². The number of methoxy groups -OCH3 is 1. The molecular formula is C28H36N2O7. The molecule has 200 valence electrons. The van der Waals surface area contributed by atoms with Crippen LogP contribution >= 0.6 is 0 Å². The van der Waals surface area contributed by atoms with Gasteiger partial charge in [0.25, 0.3) is 11.8 Å². The van der Waals surface area contributed by atoms with Gasteiger partial charge in [-0.2, -0.15) is 0 Å². The smallest absolute Gasteiger partial charge is 0.260 e. The van der Waals surface area contributed by atoms with Crippen molar-refractivity contribution in [3.63, 3.8) is 0 Å². The standard InChI is InChI=1S/C28H36N2O7/c1-29-19-28(16-22(32)21(31)15-20-7-3-4-8-23(20)36-17-26(29)33)11-13-30(14-12-28)27(34)18-37-25-10-6-5-9-24(25)35-2/h3-10,21-22,31-32H,11-19H2,1-2H3/t21-,22+/m0/s1. The fraction of sp³-hybridized carbons (Fsp3) is 0.500. The Bertz CT molecular complexity index is 1080. The van der Waals surface area contributed by atoms with Gasteiger partial charge in [0.05, 0.1) is 19.3 Å². The van der Waals surface area contributed by atoms with Crippen LogP contribution in [0.25, 0.3) is 0 Å². The van der Waals surface area contributed by atoms with Crippen molar-refractivity contribution in [2.24, 2.45) is 5.41 Å². The summed E-state index contributed by atoms with van der Waals surface area (Å²) < 4.78 is 16.8. The number of aliphatic hydroxyl groups excluding tert-OH is 2. The van der Waals surface area contributed by atoms with Gasteiger partial charge in [0.1, 0.15) is 5.75 Å². The number of fused-ring (bicyclic) bond motifs is 1. The molecule has 2 N–H and O–H groups in total. The van der Waals surface area contributed by atoms with Gasteiger partial charge in [-0.15, -0.1) is 0 Å². The highest BCUT2D eigenvalue weighted by Crippen LogP contribution is 2.38. The molecule has 0 bridgehead atoms. The number of nitrogens with zero attached hydrogens (tertiary/aromatic N) is 2. The number of hydrogen-bond acceptors (Lipinski definition) is 7. The number of likely N-dealkylation sites (N-methyl/N-ethyl adjacent to an activating group) is 1. The van der Waals surface area contributed by atoms with Crippen LogP contribution in [0.15, 0.2) is 48.5 Å². The van der Waals surface area contributed by atoms with E-state index >= 15 is 0 Å². The number of amides is 2. The van der Waals surface area contributed by atoms with Crippen molar-refractivity contribution < 1.29 is 34.0 Å². The van der Waals surface area contributed by atoms with Crippen LogP contribution in [0.3, 0.4) is 0 Å². The monoisotopic (exact) mass is 512 g/mol. The van der Waals surface area contributed by atoms with E-state index in [4.69, 9.17) is 14.2 Å². The van der Waals surface area contributed by atoms with Gasteiger partial charge in [0.15, 0.2) is 24.7 Å². The molecule has 2 atom stereocenters. The summed E-state index contributed by atoms with van der Waals surface area (Å²) in [5, 5.41) is 21.8.